The number of hydrogen-bond donors (Lipinski definition) is 0. The minimum atomic E-state index is -1.03. The molecule has 5 heteroatoms. The predicted molar refractivity (Wildman–Crippen MR) is 74.3 cm³/mol. The summed E-state index contributed by atoms with van der Waals surface area (Å²) in [5, 5.41) is 0.480. The topological polar surface area (TPSA) is 46.6 Å². The van der Waals surface area contributed by atoms with Crippen molar-refractivity contribution in [2.24, 2.45) is 0 Å². The molecule has 0 atom stereocenters. The molecule has 1 aromatic carbocycles. The Morgan fingerprint density at radius 1 is 1.37 bits per heavy atom. The maximum Gasteiger partial charge on any atom is 0.331 e. The fourth-order valence-corrected chi connectivity index (χ4v) is 1.70. The summed E-state index contributed by atoms with van der Waals surface area (Å²) in [4.78, 5) is 25.5. The van der Waals surface area contributed by atoms with Crippen LogP contribution in [0.1, 0.15) is 31.1 Å². The molecule has 1 amide bonds. The van der Waals surface area contributed by atoms with Gasteiger partial charge in [-0.05, 0) is 39.0 Å². The minimum Gasteiger partial charge on any atom is -0.464 e. The summed E-state index contributed by atoms with van der Waals surface area (Å²) in [6.07, 6.45) is 0. The smallest absolute Gasteiger partial charge is 0.331 e. The minimum absolute atomic E-state index is 0.277. The first-order valence-corrected chi connectivity index (χ1v) is 6.39. The van der Waals surface area contributed by atoms with E-state index in [1.54, 1.807) is 52.1 Å². The standard InChI is InChI=1S/C14H18ClNO3/c1-5-19-13(18)14(2,3)16(4)12(17)10-7-6-8-11(15)9-10/h6-9H,5H2,1-4H3. The molecule has 0 aliphatic heterocycles. The fourth-order valence-electron chi connectivity index (χ4n) is 1.51. The van der Waals surface area contributed by atoms with Gasteiger partial charge < -0.3 is 9.64 Å². The van der Waals surface area contributed by atoms with Crippen LogP contribution in [0.4, 0.5) is 0 Å². The molecule has 0 bridgehead atoms. The SMILES string of the molecule is CCOC(=O)C(C)(C)N(C)C(=O)c1cccc(Cl)c1. The van der Waals surface area contributed by atoms with E-state index in [1.165, 1.54) is 4.90 Å². The van der Waals surface area contributed by atoms with E-state index < -0.39 is 11.5 Å². The first-order chi connectivity index (χ1) is 8.80. The van der Waals surface area contributed by atoms with Crippen molar-refractivity contribution in [1.82, 2.24) is 4.90 Å². The Hall–Kier alpha value is -1.55. The van der Waals surface area contributed by atoms with Gasteiger partial charge in [0.1, 0.15) is 5.54 Å². The molecule has 0 unspecified atom stereocenters. The molecule has 0 fully saturated rings. The third-order valence-corrected chi connectivity index (χ3v) is 3.22. The van der Waals surface area contributed by atoms with Crippen LogP contribution >= 0.6 is 11.6 Å². The van der Waals surface area contributed by atoms with Crippen molar-refractivity contribution in [3.05, 3.63) is 34.9 Å². The summed E-state index contributed by atoms with van der Waals surface area (Å²) >= 11 is 5.86. The molecule has 1 aromatic rings. The van der Waals surface area contributed by atoms with Gasteiger partial charge in [-0.15, -0.1) is 0 Å². The molecular weight excluding hydrogens is 266 g/mol. The van der Waals surface area contributed by atoms with Gasteiger partial charge in [-0.2, -0.15) is 0 Å². The summed E-state index contributed by atoms with van der Waals surface area (Å²) in [7, 11) is 1.57. The monoisotopic (exact) mass is 283 g/mol. The van der Waals surface area contributed by atoms with E-state index in [9.17, 15) is 9.59 Å². The van der Waals surface area contributed by atoms with E-state index in [4.69, 9.17) is 16.3 Å². The Morgan fingerprint density at radius 3 is 2.53 bits per heavy atom. The second-order valence-corrected chi connectivity index (χ2v) is 5.09. The number of carbonyl (C=O) groups excluding carboxylic acids is 2. The lowest BCUT2D eigenvalue weighted by atomic mass is 10.0. The molecule has 0 saturated heterocycles. The van der Waals surface area contributed by atoms with E-state index in [0.29, 0.717) is 10.6 Å². The zero-order chi connectivity index (χ0) is 14.6. The second kappa shape index (κ2) is 6.06. The maximum atomic E-state index is 12.3. The van der Waals surface area contributed by atoms with Gasteiger partial charge in [0.05, 0.1) is 6.61 Å². The molecule has 0 radical (unpaired) electrons. The highest BCUT2D eigenvalue weighted by Gasteiger charge is 2.37. The van der Waals surface area contributed by atoms with E-state index in [-0.39, 0.29) is 12.5 Å². The van der Waals surface area contributed by atoms with Crippen molar-refractivity contribution in [3.63, 3.8) is 0 Å². The van der Waals surface area contributed by atoms with Crippen molar-refractivity contribution in [2.75, 3.05) is 13.7 Å². The lowest BCUT2D eigenvalue weighted by Gasteiger charge is -2.33. The molecule has 0 saturated carbocycles. The molecule has 4 nitrogen and oxygen atoms in total. The van der Waals surface area contributed by atoms with Crippen LogP contribution in [0.2, 0.25) is 5.02 Å². The Balaban J connectivity index is 2.96. The Labute approximate surface area is 118 Å². The van der Waals surface area contributed by atoms with Crippen LogP contribution in [0, 0.1) is 0 Å². The largest absolute Gasteiger partial charge is 0.464 e. The van der Waals surface area contributed by atoms with Crippen LogP contribution in [0.5, 0.6) is 0 Å². The number of esters is 1. The summed E-state index contributed by atoms with van der Waals surface area (Å²) in [5.41, 5.74) is -0.595. The van der Waals surface area contributed by atoms with Crippen LogP contribution in [0.3, 0.4) is 0 Å². The average Bonchev–Trinajstić information content (AvgIpc) is 2.37. The van der Waals surface area contributed by atoms with E-state index in [0.717, 1.165) is 0 Å². The van der Waals surface area contributed by atoms with Crippen molar-refractivity contribution in [1.29, 1.82) is 0 Å². The number of amides is 1. The molecule has 1 rings (SSSR count). The Kier molecular flexibility index (Phi) is 4.95. The van der Waals surface area contributed by atoms with Crippen LogP contribution in [-0.2, 0) is 9.53 Å². The van der Waals surface area contributed by atoms with Gasteiger partial charge in [0, 0.05) is 17.6 Å². The van der Waals surface area contributed by atoms with E-state index in [1.807, 2.05) is 0 Å². The molecule has 0 aliphatic rings. The van der Waals surface area contributed by atoms with Crippen LogP contribution in [0.15, 0.2) is 24.3 Å². The molecule has 0 N–H and O–H groups in total. The average molecular weight is 284 g/mol. The summed E-state index contributed by atoms with van der Waals surface area (Å²) in [5.74, 6) is -0.714. The number of hydrogen-bond acceptors (Lipinski definition) is 3. The lowest BCUT2D eigenvalue weighted by Crippen LogP contribution is -2.51. The van der Waals surface area contributed by atoms with Gasteiger partial charge in [-0.1, -0.05) is 17.7 Å². The molecule has 19 heavy (non-hydrogen) atoms. The van der Waals surface area contributed by atoms with Gasteiger partial charge >= 0.3 is 5.97 Å². The summed E-state index contributed by atoms with van der Waals surface area (Å²) in [6.45, 7) is 5.30. The third-order valence-electron chi connectivity index (χ3n) is 2.99. The van der Waals surface area contributed by atoms with Gasteiger partial charge in [0.15, 0.2) is 0 Å². The van der Waals surface area contributed by atoms with E-state index >= 15 is 0 Å². The number of ether oxygens (including phenoxy) is 1. The first kappa shape index (κ1) is 15.5. The number of halogens is 1. The molecule has 0 heterocycles. The fraction of sp³-hybridized carbons (Fsp3) is 0.429. The van der Waals surface area contributed by atoms with Gasteiger partial charge in [0.2, 0.25) is 0 Å². The predicted octanol–water partition coefficient (Wildman–Crippen LogP) is 2.75. The third kappa shape index (κ3) is 3.47. The zero-order valence-corrected chi connectivity index (χ0v) is 12.3. The molecule has 0 aromatic heterocycles. The summed E-state index contributed by atoms with van der Waals surface area (Å²) in [6, 6.07) is 6.61. The second-order valence-electron chi connectivity index (χ2n) is 4.65. The highest BCUT2D eigenvalue weighted by Crippen LogP contribution is 2.19. The van der Waals surface area contributed by atoms with Crippen LogP contribution in [0.25, 0.3) is 0 Å². The number of carbonyl (C=O) groups is 2. The van der Waals surface area contributed by atoms with Crippen LogP contribution in [-0.4, -0.2) is 36.0 Å². The van der Waals surface area contributed by atoms with Crippen molar-refractivity contribution < 1.29 is 14.3 Å². The number of likely N-dealkylation sites (N-methyl/N-ethyl adjacent to an activating group) is 1. The molecule has 104 valence electrons. The van der Waals surface area contributed by atoms with Crippen LogP contribution < -0.4 is 0 Å². The quantitative estimate of drug-likeness (QED) is 0.798. The number of nitrogens with zero attached hydrogens (tertiary/aromatic N) is 1. The zero-order valence-electron chi connectivity index (χ0n) is 11.6. The first-order valence-electron chi connectivity index (χ1n) is 6.01. The number of rotatable bonds is 4. The summed E-state index contributed by atoms with van der Waals surface area (Å²) < 4.78 is 4.98. The molecule has 0 spiro atoms. The maximum absolute atomic E-state index is 12.3. The lowest BCUT2D eigenvalue weighted by molar-refractivity contribution is -0.153. The molecule has 0 aliphatic carbocycles. The van der Waals surface area contributed by atoms with Crippen molar-refractivity contribution in [3.8, 4) is 0 Å². The van der Waals surface area contributed by atoms with Gasteiger partial charge in [-0.3, -0.25) is 4.79 Å². The van der Waals surface area contributed by atoms with Crippen molar-refractivity contribution in [2.45, 2.75) is 26.3 Å². The Morgan fingerprint density at radius 2 is 2.00 bits per heavy atom. The number of benzene rings is 1. The molecular formula is C14H18ClNO3. The highest BCUT2D eigenvalue weighted by molar-refractivity contribution is 6.31. The normalized spacial score (nSPS) is 11.0. The van der Waals surface area contributed by atoms with Crippen molar-refractivity contribution >= 4 is 23.5 Å². The Bertz CT molecular complexity index is 485. The highest BCUT2D eigenvalue weighted by atomic mass is 35.5. The van der Waals surface area contributed by atoms with Gasteiger partial charge in [-0.25, -0.2) is 4.79 Å². The van der Waals surface area contributed by atoms with Gasteiger partial charge in [0.25, 0.3) is 5.91 Å². The van der Waals surface area contributed by atoms with E-state index in [2.05, 4.69) is 0 Å².